The predicted molar refractivity (Wildman–Crippen MR) is 102 cm³/mol. The second kappa shape index (κ2) is 7.73. The summed E-state index contributed by atoms with van der Waals surface area (Å²) in [6.45, 7) is 2.44. The van der Waals surface area contributed by atoms with E-state index < -0.39 is 32.4 Å². The highest BCUT2D eigenvalue weighted by molar-refractivity contribution is 7.89. The summed E-state index contributed by atoms with van der Waals surface area (Å²) in [5, 5.41) is 9.43. The van der Waals surface area contributed by atoms with Gasteiger partial charge in [0.15, 0.2) is 18.2 Å². The number of aromatic hydroxyl groups is 1. The Balaban J connectivity index is 1.67. The number of benzene rings is 1. The number of hydrogen-bond donors (Lipinski definition) is 1. The number of halogens is 3. The highest BCUT2D eigenvalue weighted by atomic mass is 32.2. The number of sulfonamides is 1. The van der Waals surface area contributed by atoms with Gasteiger partial charge in [-0.15, -0.1) is 0 Å². The van der Waals surface area contributed by atoms with E-state index >= 15 is 0 Å². The average molecular weight is 459 g/mol. The summed E-state index contributed by atoms with van der Waals surface area (Å²) < 4.78 is 80.9. The number of nitrogens with zero attached hydrogens (tertiary/aromatic N) is 2. The number of pyridine rings is 1. The molecule has 3 heterocycles. The molecule has 7 nitrogen and oxygen atoms in total. The van der Waals surface area contributed by atoms with E-state index in [1.807, 2.05) is 6.92 Å². The summed E-state index contributed by atoms with van der Waals surface area (Å²) in [5.41, 5.74) is -1.06. The van der Waals surface area contributed by atoms with Crippen LogP contribution in [0.2, 0.25) is 0 Å². The van der Waals surface area contributed by atoms with Crippen molar-refractivity contribution in [2.45, 2.75) is 42.7 Å². The summed E-state index contributed by atoms with van der Waals surface area (Å²) in [7, 11) is -4.18. The fourth-order valence-corrected chi connectivity index (χ4v) is 5.33. The second-order valence-corrected chi connectivity index (χ2v) is 9.67. The smallest absolute Gasteiger partial charge is 0.416 e. The van der Waals surface area contributed by atoms with Crippen molar-refractivity contribution < 1.29 is 40.7 Å². The van der Waals surface area contributed by atoms with Gasteiger partial charge in [-0.3, -0.25) is 0 Å². The van der Waals surface area contributed by atoms with E-state index in [1.165, 1.54) is 35.2 Å². The molecule has 31 heavy (non-hydrogen) atoms. The van der Waals surface area contributed by atoms with E-state index in [0.29, 0.717) is 25.5 Å². The molecule has 0 unspecified atom stereocenters. The Kier molecular flexibility index (Phi) is 5.49. The van der Waals surface area contributed by atoms with Gasteiger partial charge in [0.25, 0.3) is 0 Å². The summed E-state index contributed by atoms with van der Waals surface area (Å²) in [6, 6.07) is 5.29. The lowest BCUT2D eigenvalue weighted by atomic mass is 10.1. The van der Waals surface area contributed by atoms with E-state index in [9.17, 15) is 26.7 Å². The normalized spacial score (nSPS) is 22.1. The number of hydrogen-bond acceptors (Lipinski definition) is 5. The zero-order chi connectivity index (χ0) is 22.4. The van der Waals surface area contributed by atoms with Gasteiger partial charge in [0.05, 0.1) is 23.2 Å². The van der Waals surface area contributed by atoms with Crippen molar-refractivity contribution >= 4 is 10.0 Å². The van der Waals surface area contributed by atoms with Crippen LogP contribution in [0, 0.1) is 0 Å². The zero-order valence-electron chi connectivity index (χ0n) is 16.7. The first-order chi connectivity index (χ1) is 14.5. The van der Waals surface area contributed by atoms with Gasteiger partial charge in [-0.1, -0.05) is 0 Å². The molecule has 0 radical (unpaired) electrons. The fourth-order valence-electron chi connectivity index (χ4n) is 3.82. The van der Waals surface area contributed by atoms with Gasteiger partial charge in [-0.25, -0.2) is 8.42 Å². The lowest BCUT2D eigenvalue weighted by molar-refractivity contribution is -0.596. The van der Waals surface area contributed by atoms with Crippen molar-refractivity contribution in [3.63, 3.8) is 0 Å². The van der Waals surface area contributed by atoms with Crippen molar-refractivity contribution in [2.24, 2.45) is 0 Å². The summed E-state index contributed by atoms with van der Waals surface area (Å²) >= 11 is 0. The highest BCUT2D eigenvalue weighted by Crippen LogP contribution is 2.37. The van der Waals surface area contributed by atoms with Crippen molar-refractivity contribution in [3.8, 4) is 11.4 Å². The Hall–Kier alpha value is -2.21. The number of piperidine rings is 1. The van der Waals surface area contributed by atoms with E-state index in [0.717, 1.165) is 10.4 Å². The van der Waals surface area contributed by atoms with E-state index in [-0.39, 0.29) is 30.6 Å². The molecule has 11 heteroatoms. The first-order valence-electron chi connectivity index (χ1n) is 9.73. The molecule has 0 saturated carbocycles. The highest BCUT2D eigenvalue weighted by Gasteiger charge is 2.45. The van der Waals surface area contributed by atoms with E-state index in [4.69, 9.17) is 9.47 Å². The first kappa shape index (κ1) is 22.0. The van der Waals surface area contributed by atoms with Crippen molar-refractivity contribution in [1.82, 2.24) is 4.31 Å². The molecule has 2 aliphatic rings. The summed E-state index contributed by atoms with van der Waals surface area (Å²) in [4.78, 5) is -0.449. The molecular weight excluding hydrogens is 437 g/mol. The van der Waals surface area contributed by atoms with Crippen LogP contribution in [0.3, 0.4) is 0 Å². The van der Waals surface area contributed by atoms with Crippen LogP contribution in [0.25, 0.3) is 5.69 Å². The average Bonchev–Trinajstić information content (AvgIpc) is 3.07. The van der Waals surface area contributed by atoms with Crippen molar-refractivity contribution in [1.29, 1.82) is 0 Å². The van der Waals surface area contributed by atoms with Gasteiger partial charge < -0.3 is 14.6 Å². The molecule has 1 aromatic carbocycles. The van der Waals surface area contributed by atoms with E-state index in [1.54, 1.807) is 0 Å². The Morgan fingerprint density at radius 2 is 1.81 bits per heavy atom. The fraction of sp³-hybridized carbons (Fsp3) is 0.450. The van der Waals surface area contributed by atoms with Crippen LogP contribution in [0.1, 0.15) is 25.3 Å². The molecule has 2 saturated heterocycles. The molecule has 2 aromatic rings. The lowest BCUT2D eigenvalue weighted by Gasteiger charge is -2.37. The van der Waals surface area contributed by atoms with E-state index in [2.05, 4.69) is 0 Å². The predicted octanol–water partition coefficient (Wildman–Crippen LogP) is 2.60. The molecule has 2 fully saturated rings. The Labute approximate surface area is 177 Å². The molecule has 1 spiro atoms. The quantitative estimate of drug-likeness (QED) is 0.714. The molecular formula is C20H22F3N2O5S+. The number of aromatic nitrogens is 1. The van der Waals surface area contributed by atoms with Crippen LogP contribution in [-0.2, 0) is 25.7 Å². The van der Waals surface area contributed by atoms with Crippen LogP contribution in [0.15, 0.2) is 47.6 Å². The van der Waals surface area contributed by atoms with Gasteiger partial charge in [0.1, 0.15) is 5.75 Å². The van der Waals surface area contributed by atoms with Gasteiger partial charge in [0.2, 0.25) is 15.7 Å². The largest absolute Gasteiger partial charge is 0.507 e. The maximum atomic E-state index is 13.5. The maximum absolute atomic E-state index is 13.5. The molecule has 0 amide bonds. The molecule has 1 aromatic heterocycles. The third-order valence-corrected chi connectivity index (χ3v) is 7.32. The number of rotatable bonds is 3. The third-order valence-electron chi connectivity index (χ3n) is 5.45. The third kappa shape index (κ3) is 4.40. The maximum Gasteiger partial charge on any atom is 0.416 e. The Morgan fingerprint density at radius 1 is 1.16 bits per heavy atom. The topological polar surface area (TPSA) is 80.0 Å². The standard InChI is InChI=1S/C20H21F3N2O5S/c1-14-13-29-19(30-14)4-8-25(9-5-19)31(27,28)18-11-15(20(21,22)23)10-16(12-18)24-6-2-17(26)3-7-24/h2-3,6-7,10-12,14H,4-5,8-9,13H2,1H3/p+1/t14-/m0/s1. The van der Waals surface area contributed by atoms with Gasteiger partial charge in [-0.2, -0.15) is 22.0 Å². The molecule has 0 aliphatic carbocycles. The summed E-state index contributed by atoms with van der Waals surface area (Å²) in [5.74, 6) is -0.893. The SMILES string of the molecule is C[C@H]1COC2(CCN(S(=O)(=O)c3cc(-[n+]4ccc(O)cc4)cc(C(F)(F)F)c3)CC2)O1. The van der Waals surface area contributed by atoms with Crippen LogP contribution >= 0.6 is 0 Å². The molecule has 4 rings (SSSR count). The van der Waals surface area contributed by atoms with Crippen molar-refractivity contribution in [2.75, 3.05) is 19.7 Å². The van der Waals surface area contributed by atoms with Gasteiger partial charge in [0, 0.05) is 50.2 Å². The Morgan fingerprint density at radius 3 is 2.35 bits per heavy atom. The monoisotopic (exact) mass is 459 g/mol. The molecule has 1 atom stereocenters. The lowest BCUT2D eigenvalue weighted by Crippen LogP contribution is -2.47. The number of ether oxygens (including phenoxy) is 2. The first-order valence-corrected chi connectivity index (χ1v) is 11.2. The molecule has 1 N–H and O–H groups in total. The van der Waals surface area contributed by atoms with Crippen LogP contribution < -0.4 is 4.57 Å². The van der Waals surface area contributed by atoms with Gasteiger partial charge in [-0.05, 0) is 13.0 Å². The number of alkyl halides is 3. The zero-order valence-corrected chi connectivity index (χ0v) is 17.5. The summed E-state index contributed by atoms with van der Waals surface area (Å²) in [6.07, 6.45) is -1.52. The minimum Gasteiger partial charge on any atom is -0.507 e. The van der Waals surface area contributed by atoms with Crippen LogP contribution in [-0.4, -0.2) is 49.4 Å². The Bertz CT molecular complexity index is 1070. The molecule has 2 aliphatic heterocycles. The van der Waals surface area contributed by atoms with Gasteiger partial charge >= 0.3 is 6.18 Å². The molecule has 168 valence electrons. The van der Waals surface area contributed by atoms with Crippen LogP contribution in [0.5, 0.6) is 5.75 Å². The minimum atomic E-state index is -4.73. The van der Waals surface area contributed by atoms with Crippen LogP contribution in [0.4, 0.5) is 13.2 Å². The molecule has 0 bridgehead atoms. The second-order valence-electron chi connectivity index (χ2n) is 7.73. The minimum absolute atomic E-state index is 0.0122. The van der Waals surface area contributed by atoms with Crippen molar-refractivity contribution in [3.05, 3.63) is 48.3 Å².